The number of aryl methyl sites for hydroxylation is 1. The van der Waals surface area contributed by atoms with Crippen molar-refractivity contribution in [2.45, 2.75) is 31.3 Å². The second-order valence-corrected chi connectivity index (χ2v) is 6.02. The highest BCUT2D eigenvalue weighted by Gasteiger charge is 2.09. The Bertz CT molecular complexity index is 804. The molecule has 0 spiro atoms. The molecule has 3 heterocycles. The third kappa shape index (κ3) is 2.36. The lowest BCUT2D eigenvalue weighted by Crippen LogP contribution is -2.12. The predicted molar refractivity (Wildman–Crippen MR) is 79.3 cm³/mol. The van der Waals surface area contributed by atoms with E-state index in [1.165, 1.54) is 11.3 Å². The molecule has 3 aromatic heterocycles. The smallest absolute Gasteiger partial charge is 0.258 e. The summed E-state index contributed by atoms with van der Waals surface area (Å²) in [7, 11) is 0. The minimum atomic E-state index is -0.0417. The number of thioether (sulfide) groups is 1. The summed E-state index contributed by atoms with van der Waals surface area (Å²) in [6, 6.07) is 1.58. The molecule has 0 bridgehead atoms. The van der Waals surface area contributed by atoms with Crippen molar-refractivity contribution in [3.05, 3.63) is 39.5 Å². The van der Waals surface area contributed by atoms with Gasteiger partial charge in [-0.25, -0.2) is 4.98 Å². The van der Waals surface area contributed by atoms with Gasteiger partial charge in [0.25, 0.3) is 5.56 Å². The van der Waals surface area contributed by atoms with Crippen LogP contribution in [0, 0.1) is 6.92 Å². The van der Waals surface area contributed by atoms with Crippen molar-refractivity contribution < 1.29 is 0 Å². The van der Waals surface area contributed by atoms with Gasteiger partial charge in [-0.05, 0) is 13.8 Å². The first kappa shape index (κ1) is 13.3. The second kappa shape index (κ2) is 5.37. The monoisotopic (exact) mass is 307 g/mol. The van der Waals surface area contributed by atoms with Gasteiger partial charge < -0.3 is 4.57 Å². The summed E-state index contributed by atoms with van der Waals surface area (Å²) in [5.74, 6) is 1.51. The average Bonchev–Trinajstić information content (AvgIpc) is 3.03. The van der Waals surface area contributed by atoms with Crippen molar-refractivity contribution in [2.24, 2.45) is 0 Å². The van der Waals surface area contributed by atoms with Gasteiger partial charge in [0.15, 0.2) is 10.1 Å². The predicted octanol–water partition coefficient (Wildman–Crippen LogP) is 1.97. The topological polar surface area (TPSA) is 65.1 Å². The van der Waals surface area contributed by atoms with Crippen molar-refractivity contribution in [1.82, 2.24) is 24.1 Å². The zero-order valence-electron chi connectivity index (χ0n) is 11.1. The first-order valence-corrected chi connectivity index (χ1v) is 8.04. The summed E-state index contributed by atoms with van der Waals surface area (Å²) in [6.07, 6.45) is 1.74. The number of thiazole rings is 1. The van der Waals surface area contributed by atoms with Crippen molar-refractivity contribution in [3.8, 4) is 0 Å². The van der Waals surface area contributed by atoms with Gasteiger partial charge in [-0.1, -0.05) is 11.8 Å². The van der Waals surface area contributed by atoms with E-state index < -0.39 is 0 Å². The summed E-state index contributed by atoms with van der Waals surface area (Å²) in [4.78, 5) is 17.1. The minimum Gasteiger partial charge on any atom is -0.307 e. The van der Waals surface area contributed by atoms with Crippen LogP contribution in [0.4, 0.5) is 0 Å². The van der Waals surface area contributed by atoms with Crippen LogP contribution in [-0.4, -0.2) is 24.1 Å². The van der Waals surface area contributed by atoms with Crippen molar-refractivity contribution in [3.63, 3.8) is 0 Å². The SMILES string of the molecule is CCn1c(C)nnc1SCc1cc(=O)n2ccsc2n1. The van der Waals surface area contributed by atoms with E-state index in [0.29, 0.717) is 5.75 Å². The molecule has 20 heavy (non-hydrogen) atoms. The Morgan fingerprint density at radius 3 is 3.05 bits per heavy atom. The molecule has 0 saturated carbocycles. The number of hydrogen-bond donors (Lipinski definition) is 0. The molecule has 6 nitrogen and oxygen atoms in total. The van der Waals surface area contributed by atoms with Crippen molar-refractivity contribution in [2.75, 3.05) is 0 Å². The molecule has 3 aromatic rings. The van der Waals surface area contributed by atoms with E-state index in [1.807, 2.05) is 16.9 Å². The van der Waals surface area contributed by atoms with E-state index in [-0.39, 0.29) is 5.56 Å². The maximum absolute atomic E-state index is 11.9. The van der Waals surface area contributed by atoms with Crippen LogP contribution < -0.4 is 5.56 Å². The summed E-state index contributed by atoms with van der Waals surface area (Å²) >= 11 is 3.01. The normalized spacial score (nSPS) is 11.3. The van der Waals surface area contributed by atoms with E-state index in [4.69, 9.17) is 0 Å². The molecule has 0 saturated heterocycles. The summed E-state index contributed by atoms with van der Waals surface area (Å²) < 4.78 is 3.60. The Morgan fingerprint density at radius 1 is 1.40 bits per heavy atom. The Morgan fingerprint density at radius 2 is 2.25 bits per heavy atom. The Labute approximate surface area is 123 Å². The molecule has 0 amide bonds. The number of fused-ring (bicyclic) bond motifs is 1. The van der Waals surface area contributed by atoms with Gasteiger partial charge in [0.05, 0.1) is 5.69 Å². The lowest BCUT2D eigenvalue weighted by molar-refractivity contribution is 0.661. The van der Waals surface area contributed by atoms with E-state index >= 15 is 0 Å². The first-order chi connectivity index (χ1) is 9.69. The van der Waals surface area contributed by atoms with Crippen LogP contribution in [0.15, 0.2) is 27.6 Å². The second-order valence-electron chi connectivity index (χ2n) is 4.20. The highest BCUT2D eigenvalue weighted by molar-refractivity contribution is 7.98. The highest BCUT2D eigenvalue weighted by atomic mass is 32.2. The van der Waals surface area contributed by atoms with E-state index in [2.05, 4.69) is 22.1 Å². The van der Waals surface area contributed by atoms with E-state index in [9.17, 15) is 4.79 Å². The molecule has 0 aliphatic carbocycles. The molecule has 0 N–H and O–H groups in total. The number of aromatic nitrogens is 5. The summed E-state index contributed by atoms with van der Waals surface area (Å²) in [5.41, 5.74) is 0.728. The molecule has 8 heteroatoms. The van der Waals surface area contributed by atoms with Crippen molar-refractivity contribution in [1.29, 1.82) is 0 Å². The molecule has 0 fully saturated rings. The van der Waals surface area contributed by atoms with Crippen molar-refractivity contribution >= 4 is 28.1 Å². The quantitative estimate of drug-likeness (QED) is 0.690. The number of rotatable bonds is 4. The molecule has 0 unspecified atom stereocenters. The lowest BCUT2D eigenvalue weighted by Gasteiger charge is -2.04. The molecular formula is C12H13N5OS2. The third-order valence-electron chi connectivity index (χ3n) is 2.92. The van der Waals surface area contributed by atoms with Crippen LogP contribution >= 0.6 is 23.1 Å². The minimum absolute atomic E-state index is 0.0417. The zero-order chi connectivity index (χ0) is 14.1. The fourth-order valence-electron chi connectivity index (χ4n) is 1.93. The van der Waals surface area contributed by atoms with Gasteiger partial charge >= 0.3 is 0 Å². The van der Waals surface area contributed by atoms with Gasteiger partial charge in [0.1, 0.15) is 5.82 Å². The van der Waals surface area contributed by atoms with Gasteiger partial charge in [-0.15, -0.1) is 21.5 Å². The molecule has 3 rings (SSSR count). The fraction of sp³-hybridized carbons (Fsp3) is 0.333. The molecule has 0 atom stereocenters. The highest BCUT2D eigenvalue weighted by Crippen LogP contribution is 2.21. The van der Waals surface area contributed by atoms with Gasteiger partial charge in [-0.3, -0.25) is 9.20 Å². The zero-order valence-corrected chi connectivity index (χ0v) is 12.7. The van der Waals surface area contributed by atoms with Crippen LogP contribution in [0.3, 0.4) is 0 Å². The van der Waals surface area contributed by atoms with Crippen LogP contribution in [0.1, 0.15) is 18.4 Å². The Hall–Kier alpha value is -1.67. The summed E-state index contributed by atoms with van der Waals surface area (Å²) in [5, 5.41) is 10.9. The van der Waals surface area contributed by atoms with Gasteiger partial charge in [-0.2, -0.15) is 0 Å². The van der Waals surface area contributed by atoms with Crippen LogP contribution in [0.25, 0.3) is 4.96 Å². The molecule has 104 valence electrons. The third-order valence-corrected chi connectivity index (χ3v) is 4.68. The first-order valence-electron chi connectivity index (χ1n) is 6.17. The average molecular weight is 307 g/mol. The Kier molecular flexibility index (Phi) is 3.58. The van der Waals surface area contributed by atoms with Crippen LogP contribution in [0.5, 0.6) is 0 Å². The molecule has 0 aromatic carbocycles. The van der Waals surface area contributed by atoms with E-state index in [1.54, 1.807) is 28.4 Å². The lowest BCUT2D eigenvalue weighted by atomic mass is 10.4. The van der Waals surface area contributed by atoms with E-state index in [0.717, 1.165) is 28.2 Å². The van der Waals surface area contributed by atoms with Crippen LogP contribution in [0.2, 0.25) is 0 Å². The molecule has 0 aliphatic rings. The standard InChI is InChI=1S/C12H13N5OS2/c1-3-16-8(2)14-15-12(16)20-7-9-6-10(18)17-4-5-19-11(17)13-9/h4-6H,3,7H2,1-2H3. The van der Waals surface area contributed by atoms with Gasteiger partial charge in [0, 0.05) is 29.9 Å². The summed E-state index contributed by atoms with van der Waals surface area (Å²) in [6.45, 7) is 4.83. The maximum atomic E-state index is 11.9. The Balaban J connectivity index is 1.84. The van der Waals surface area contributed by atoms with Crippen LogP contribution in [-0.2, 0) is 12.3 Å². The molecular weight excluding hydrogens is 294 g/mol. The molecule has 0 radical (unpaired) electrons. The molecule has 0 aliphatic heterocycles. The number of nitrogens with zero attached hydrogens (tertiary/aromatic N) is 5. The van der Waals surface area contributed by atoms with Gasteiger partial charge in [0.2, 0.25) is 0 Å². The largest absolute Gasteiger partial charge is 0.307 e. The number of hydrogen-bond acceptors (Lipinski definition) is 6. The fourth-order valence-corrected chi connectivity index (χ4v) is 3.61. The maximum Gasteiger partial charge on any atom is 0.258 e.